The molecule has 1 heterocycles. The smallest absolute Gasteiger partial charge is 0.407 e. The predicted molar refractivity (Wildman–Crippen MR) is 79.1 cm³/mol. The molecule has 1 spiro atoms. The van der Waals surface area contributed by atoms with Gasteiger partial charge in [-0.3, -0.25) is 9.59 Å². The lowest BCUT2D eigenvalue weighted by atomic mass is 9.75. The molecule has 1 aliphatic heterocycles. The van der Waals surface area contributed by atoms with E-state index in [1.165, 1.54) is 17.0 Å². The topological polar surface area (TPSA) is 86.7 Å². The molecule has 1 saturated heterocycles. The number of nitrogens with one attached hydrogen (secondary N) is 1. The summed E-state index contributed by atoms with van der Waals surface area (Å²) in [6.45, 7) is -1.98. The van der Waals surface area contributed by atoms with Crippen LogP contribution in [-0.4, -0.2) is 47.9 Å². The Balaban J connectivity index is 1.81. The minimum absolute atomic E-state index is 0.0870. The van der Waals surface area contributed by atoms with Crippen LogP contribution in [0.3, 0.4) is 0 Å². The lowest BCUT2D eigenvalue weighted by molar-refractivity contribution is 0.0621. The summed E-state index contributed by atoms with van der Waals surface area (Å²) in [5, 5.41) is 11.0. The molecule has 2 amide bonds. The molecule has 0 bridgehead atoms. The Bertz CT molecular complexity index is 752. The monoisotopic (exact) mass is 305 g/mol. The first-order chi connectivity index (χ1) is 11.6. The fourth-order valence-electron chi connectivity index (χ4n) is 3.42. The SMILES string of the molecule is [2H]C([2H])([2H])NC(=O)c1ccc2c(c1)C(=O)C1(CCN(C(=O)O)CC1)C2. The molecule has 2 N–H and O–H groups in total. The number of piperidine rings is 1. The van der Waals surface area contributed by atoms with Gasteiger partial charge in [0.1, 0.15) is 0 Å². The van der Waals surface area contributed by atoms with Gasteiger partial charge in [0.15, 0.2) is 5.78 Å². The number of hydrogen-bond acceptors (Lipinski definition) is 3. The van der Waals surface area contributed by atoms with Crippen LogP contribution >= 0.6 is 0 Å². The van der Waals surface area contributed by atoms with Gasteiger partial charge in [-0.25, -0.2) is 4.79 Å². The Labute approximate surface area is 132 Å². The van der Waals surface area contributed by atoms with Gasteiger partial charge in [-0.2, -0.15) is 0 Å². The Morgan fingerprint density at radius 1 is 1.36 bits per heavy atom. The summed E-state index contributed by atoms with van der Waals surface area (Å²) in [5.74, 6) is -0.840. The van der Waals surface area contributed by atoms with Crippen molar-refractivity contribution in [2.24, 2.45) is 5.41 Å². The highest BCUT2D eigenvalue weighted by Crippen LogP contribution is 2.44. The van der Waals surface area contributed by atoms with Crippen molar-refractivity contribution >= 4 is 17.8 Å². The molecule has 0 unspecified atom stereocenters. The first kappa shape index (κ1) is 11.2. The molecule has 0 atom stereocenters. The number of hydrogen-bond donors (Lipinski definition) is 2. The molecule has 116 valence electrons. The van der Waals surface area contributed by atoms with Gasteiger partial charge >= 0.3 is 6.09 Å². The van der Waals surface area contributed by atoms with E-state index >= 15 is 0 Å². The van der Waals surface area contributed by atoms with Crippen LogP contribution in [0.1, 0.15) is 43.2 Å². The molecule has 1 aliphatic carbocycles. The lowest BCUT2D eigenvalue weighted by Gasteiger charge is -2.36. The highest BCUT2D eigenvalue weighted by Gasteiger charge is 2.47. The minimum atomic E-state index is -2.59. The first-order valence-corrected chi connectivity index (χ1v) is 7.09. The molecule has 2 aliphatic rings. The number of amides is 2. The van der Waals surface area contributed by atoms with Crippen LogP contribution < -0.4 is 5.32 Å². The van der Waals surface area contributed by atoms with Crippen molar-refractivity contribution in [2.75, 3.05) is 20.1 Å². The lowest BCUT2D eigenvalue weighted by Crippen LogP contribution is -2.45. The van der Waals surface area contributed by atoms with Crippen molar-refractivity contribution in [3.05, 3.63) is 34.9 Å². The molecule has 6 nitrogen and oxygen atoms in total. The number of likely N-dealkylation sites (tertiary alicyclic amines) is 1. The number of fused-ring (bicyclic) bond motifs is 1. The van der Waals surface area contributed by atoms with E-state index in [2.05, 4.69) is 0 Å². The minimum Gasteiger partial charge on any atom is -0.465 e. The Morgan fingerprint density at radius 2 is 2.09 bits per heavy atom. The predicted octanol–water partition coefficient (Wildman–Crippen LogP) is 1.55. The van der Waals surface area contributed by atoms with E-state index in [0.29, 0.717) is 37.9 Å². The van der Waals surface area contributed by atoms with E-state index in [4.69, 9.17) is 9.22 Å². The molecule has 0 saturated carbocycles. The van der Waals surface area contributed by atoms with Crippen LogP contribution in [0.15, 0.2) is 18.2 Å². The van der Waals surface area contributed by atoms with Crippen molar-refractivity contribution in [1.29, 1.82) is 0 Å². The zero-order chi connectivity index (χ0) is 18.4. The van der Waals surface area contributed by atoms with Gasteiger partial charge in [0.25, 0.3) is 5.91 Å². The zero-order valence-corrected chi connectivity index (χ0v) is 11.9. The van der Waals surface area contributed by atoms with Crippen LogP contribution in [0, 0.1) is 5.41 Å². The van der Waals surface area contributed by atoms with E-state index in [1.54, 1.807) is 6.07 Å². The average molecular weight is 305 g/mol. The maximum Gasteiger partial charge on any atom is 0.407 e. The Hall–Kier alpha value is -2.37. The summed E-state index contributed by atoms with van der Waals surface area (Å²) >= 11 is 0. The van der Waals surface area contributed by atoms with Crippen LogP contribution in [0.25, 0.3) is 0 Å². The van der Waals surface area contributed by atoms with E-state index in [1.807, 2.05) is 5.32 Å². The molecule has 6 heteroatoms. The van der Waals surface area contributed by atoms with Crippen LogP contribution in [0.2, 0.25) is 0 Å². The largest absolute Gasteiger partial charge is 0.465 e. The molecule has 1 aromatic carbocycles. The van der Waals surface area contributed by atoms with E-state index in [0.717, 1.165) is 5.56 Å². The molecule has 0 aromatic heterocycles. The van der Waals surface area contributed by atoms with Crippen LogP contribution in [0.4, 0.5) is 4.79 Å². The fourth-order valence-corrected chi connectivity index (χ4v) is 3.42. The molecule has 22 heavy (non-hydrogen) atoms. The van der Waals surface area contributed by atoms with Gasteiger partial charge in [-0.15, -0.1) is 0 Å². The normalized spacial score (nSPS) is 21.7. The number of benzene rings is 1. The molecular formula is C16H18N2O4. The number of nitrogens with zero attached hydrogens (tertiary/aromatic N) is 1. The second-order valence-electron chi connectivity index (χ2n) is 5.88. The second-order valence-corrected chi connectivity index (χ2v) is 5.88. The van der Waals surface area contributed by atoms with Crippen molar-refractivity contribution in [3.63, 3.8) is 0 Å². The third-order valence-electron chi connectivity index (χ3n) is 4.73. The summed E-state index contributed by atoms with van der Waals surface area (Å²) in [7, 11) is 0. The molecular weight excluding hydrogens is 284 g/mol. The maximum absolute atomic E-state index is 12.9. The van der Waals surface area contributed by atoms with Crippen molar-refractivity contribution in [3.8, 4) is 0 Å². The number of rotatable bonds is 1. The summed E-state index contributed by atoms with van der Waals surface area (Å²) in [5.41, 5.74) is 0.761. The van der Waals surface area contributed by atoms with Gasteiger partial charge in [0.05, 0.1) is 0 Å². The van der Waals surface area contributed by atoms with Crippen LogP contribution in [-0.2, 0) is 6.42 Å². The highest BCUT2D eigenvalue weighted by molar-refractivity contribution is 6.07. The summed E-state index contributed by atoms with van der Waals surface area (Å²) in [6, 6.07) is 4.63. The summed E-state index contributed by atoms with van der Waals surface area (Å²) < 4.78 is 21.3. The number of carbonyl (C=O) groups excluding carboxylic acids is 2. The number of Topliss-reactive ketones (excluding diaryl/α,β-unsaturated/α-hetero) is 1. The second kappa shape index (κ2) is 5.12. The number of carbonyl (C=O) groups is 3. The molecule has 3 rings (SSSR count). The van der Waals surface area contributed by atoms with Gasteiger partial charge in [0, 0.05) is 40.7 Å². The van der Waals surface area contributed by atoms with Gasteiger partial charge in [0.2, 0.25) is 0 Å². The van der Waals surface area contributed by atoms with Gasteiger partial charge < -0.3 is 15.3 Å². The average Bonchev–Trinajstić information content (AvgIpc) is 2.78. The van der Waals surface area contributed by atoms with E-state index < -0.39 is 24.4 Å². The maximum atomic E-state index is 12.9. The van der Waals surface area contributed by atoms with E-state index in [9.17, 15) is 14.4 Å². The third-order valence-corrected chi connectivity index (χ3v) is 4.73. The standard InChI is InChI=1S/C16H18N2O4/c1-17-14(20)10-2-3-11-9-16(13(19)12(11)8-10)4-6-18(7-5-16)15(21)22/h2-3,8H,4-7,9H2,1H3,(H,17,20)(H,21,22)/i1D3. The van der Waals surface area contributed by atoms with E-state index in [-0.39, 0.29) is 11.3 Å². The van der Waals surface area contributed by atoms with Crippen molar-refractivity contribution < 1.29 is 23.6 Å². The molecule has 0 radical (unpaired) electrons. The van der Waals surface area contributed by atoms with Crippen molar-refractivity contribution in [2.45, 2.75) is 19.3 Å². The fraction of sp³-hybridized carbons (Fsp3) is 0.438. The van der Waals surface area contributed by atoms with Gasteiger partial charge in [-0.05, 0) is 37.0 Å². The Morgan fingerprint density at radius 3 is 2.73 bits per heavy atom. The van der Waals surface area contributed by atoms with Gasteiger partial charge in [-0.1, -0.05) is 6.07 Å². The summed E-state index contributed by atoms with van der Waals surface area (Å²) in [6.07, 6.45) is 0.435. The molecule has 1 fully saturated rings. The first-order valence-electron chi connectivity index (χ1n) is 8.59. The number of carboxylic acid groups (broad SMARTS) is 1. The molecule has 1 aromatic rings. The Kier molecular flexibility index (Phi) is 2.61. The number of ketones is 1. The van der Waals surface area contributed by atoms with Crippen LogP contribution in [0.5, 0.6) is 0 Å². The third kappa shape index (κ3) is 2.15. The zero-order valence-electron chi connectivity index (χ0n) is 14.9. The summed E-state index contributed by atoms with van der Waals surface area (Å²) in [4.78, 5) is 37.2. The van der Waals surface area contributed by atoms with Crippen molar-refractivity contribution in [1.82, 2.24) is 10.2 Å². The quantitative estimate of drug-likeness (QED) is 0.824. The highest BCUT2D eigenvalue weighted by atomic mass is 16.4.